The number of carbonyl (C=O) groups excluding carboxylic acids is 1. The SMILES string of the molecule is COC(=O)CCNC1(C(=O)O)CCCC(C)C1. The van der Waals surface area contributed by atoms with Gasteiger partial charge in [-0.3, -0.25) is 9.59 Å². The molecule has 17 heavy (non-hydrogen) atoms. The molecule has 0 amide bonds. The Kier molecular flexibility index (Phi) is 4.93. The molecule has 1 rings (SSSR count). The highest BCUT2D eigenvalue weighted by Gasteiger charge is 2.41. The minimum absolute atomic E-state index is 0.208. The van der Waals surface area contributed by atoms with Crippen LogP contribution >= 0.6 is 0 Å². The molecule has 1 aliphatic carbocycles. The van der Waals surface area contributed by atoms with Crippen LogP contribution in [-0.4, -0.2) is 36.2 Å². The Morgan fingerprint density at radius 1 is 1.53 bits per heavy atom. The smallest absolute Gasteiger partial charge is 0.323 e. The highest BCUT2D eigenvalue weighted by molar-refractivity contribution is 5.79. The molecular weight excluding hydrogens is 222 g/mol. The Morgan fingerprint density at radius 3 is 2.76 bits per heavy atom. The summed E-state index contributed by atoms with van der Waals surface area (Å²) < 4.78 is 4.53. The standard InChI is InChI=1S/C12H21NO4/c1-9-4-3-6-12(8-9,11(15)16)13-7-5-10(14)17-2/h9,13H,3-8H2,1-2H3,(H,15,16). The maximum absolute atomic E-state index is 11.4. The zero-order chi connectivity index (χ0) is 12.9. The minimum atomic E-state index is -0.855. The van der Waals surface area contributed by atoms with E-state index in [1.807, 2.05) is 0 Å². The first kappa shape index (κ1) is 14.0. The highest BCUT2D eigenvalue weighted by atomic mass is 16.5. The molecule has 0 spiro atoms. The molecule has 98 valence electrons. The van der Waals surface area contributed by atoms with Gasteiger partial charge in [0.05, 0.1) is 13.5 Å². The first-order chi connectivity index (χ1) is 8.00. The fourth-order valence-electron chi connectivity index (χ4n) is 2.49. The van der Waals surface area contributed by atoms with Gasteiger partial charge in [0.2, 0.25) is 0 Å². The topological polar surface area (TPSA) is 75.6 Å². The molecule has 0 aromatic rings. The summed E-state index contributed by atoms with van der Waals surface area (Å²) in [7, 11) is 1.33. The molecule has 0 saturated heterocycles. The van der Waals surface area contributed by atoms with Gasteiger partial charge in [0, 0.05) is 6.54 Å². The Bertz CT molecular complexity index is 292. The molecule has 1 fully saturated rings. The number of aliphatic carboxylic acids is 1. The van der Waals surface area contributed by atoms with E-state index >= 15 is 0 Å². The van der Waals surface area contributed by atoms with Gasteiger partial charge >= 0.3 is 11.9 Å². The minimum Gasteiger partial charge on any atom is -0.480 e. The van der Waals surface area contributed by atoms with Crippen molar-refractivity contribution in [3.8, 4) is 0 Å². The van der Waals surface area contributed by atoms with Gasteiger partial charge < -0.3 is 15.2 Å². The first-order valence-electron chi connectivity index (χ1n) is 6.05. The number of carboxylic acids is 1. The summed E-state index contributed by atoms with van der Waals surface area (Å²) >= 11 is 0. The number of hydrogen-bond donors (Lipinski definition) is 2. The zero-order valence-electron chi connectivity index (χ0n) is 10.5. The Labute approximate surface area is 102 Å². The Balaban J connectivity index is 2.53. The number of hydrogen-bond acceptors (Lipinski definition) is 4. The molecule has 0 bridgehead atoms. The summed E-state index contributed by atoms with van der Waals surface area (Å²) in [5.41, 5.74) is -0.855. The number of methoxy groups -OCH3 is 1. The van der Waals surface area contributed by atoms with Crippen molar-refractivity contribution in [2.75, 3.05) is 13.7 Å². The van der Waals surface area contributed by atoms with Crippen molar-refractivity contribution in [1.82, 2.24) is 5.32 Å². The van der Waals surface area contributed by atoms with Crippen LogP contribution in [0.4, 0.5) is 0 Å². The second-order valence-corrected chi connectivity index (χ2v) is 4.84. The van der Waals surface area contributed by atoms with E-state index < -0.39 is 11.5 Å². The quantitative estimate of drug-likeness (QED) is 0.709. The maximum Gasteiger partial charge on any atom is 0.323 e. The van der Waals surface area contributed by atoms with Crippen LogP contribution in [0, 0.1) is 5.92 Å². The van der Waals surface area contributed by atoms with E-state index in [4.69, 9.17) is 0 Å². The lowest BCUT2D eigenvalue weighted by Crippen LogP contribution is -2.55. The monoisotopic (exact) mass is 243 g/mol. The summed E-state index contributed by atoms with van der Waals surface area (Å²) in [6.45, 7) is 2.42. The van der Waals surface area contributed by atoms with Gasteiger partial charge in [-0.15, -0.1) is 0 Å². The van der Waals surface area contributed by atoms with Crippen molar-refractivity contribution >= 4 is 11.9 Å². The summed E-state index contributed by atoms with van der Waals surface area (Å²) in [5.74, 6) is -0.721. The first-order valence-corrected chi connectivity index (χ1v) is 6.05. The van der Waals surface area contributed by atoms with Crippen molar-refractivity contribution < 1.29 is 19.4 Å². The molecule has 0 aromatic heterocycles. The summed E-state index contributed by atoms with van der Waals surface area (Å²) in [5, 5.41) is 12.4. The third kappa shape index (κ3) is 3.70. The van der Waals surface area contributed by atoms with E-state index in [0.717, 1.165) is 12.8 Å². The molecule has 2 atom stereocenters. The van der Waals surface area contributed by atoms with E-state index in [0.29, 0.717) is 25.3 Å². The largest absolute Gasteiger partial charge is 0.480 e. The summed E-state index contributed by atoms with van der Waals surface area (Å²) in [6.07, 6.45) is 3.46. The van der Waals surface area contributed by atoms with E-state index in [-0.39, 0.29) is 12.4 Å². The molecule has 0 aliphatic heterocycles. The molecule has 2 unspecified atom stereocenters. The molecule has 0 radical (unpaired) electrons. The fourth-order valence-corrected chi connectivity index (χ4v) is 2.49. The Morgan fingerprint density at radius 2 is 2.24 bits per heavy atom. The van der Waals surface area contributed by atoms with Crippen molar-refractivity contribution in [3.63, 3.8) is 0 Å². The van der Waals surface area contributed by atoms with Crippen molar-refractivity contribution in [2.24, 2.45) is 5.92 Å². The summed E-state index contributed by atoms with van der Waals surface area (Å²) in [6, 6.07) is 0. The number of carboxylic acid groups (broad SMARTS) is 1. The number of nitrogens with one attached hydrogen (secondary N) is 1. The molecule has 1 aliphatic rings. The lowest BCUT2D eigenvalue weighted by atomic mass is 9.76. The van der Waals surface area contributed by atoms with E-state index in [1.165, 1.54) is 7.11 Å². The molecule has 5 heteroatoms. The van der Waals surface area contributed by atoms with Gasteiger partial charge in [-0.2, -0.15) is 0 Å². The van der Waals surface area contributed by atoms with Crippen LogP contribution in [0.2, 0.25) is 0 Å². The van der Waals surface area contributed by atoms with Gasteiger partial charge in [0.15, 0.2) is 0 Å². The average molecular weight is 243 g/mol. The number of rotatable bonds is 5. The van der Waals surface area contributed by atoms with Gasteiger partial charge in [0.25, 0.3) is 0 Å². The molecule has 1 saturated carbocycles. The van der Waals surface area contributed by atoms with Crippen LogP contribution in [0.1, 0.15) is 39.0 Å². The predicted octanol–water partition coefficient (Wildman–Crippen LogP) is 1.17. The Hall–Kier alpha value is -1.10. The van der Waals surface area contributed by atoms with Crippen molar-refractivity contribution in [3.05, 3.63) is 0 Å². The van der Waals surface area contributed by atoms with E-state index in [1.54, 1.807) is 0 Å². The van der Waals surface area contributed by atoms with Crippen LogP contribution < -0.4 is 5.32 Å². The van der Waals surface area contributed by atoms with Crippen LogP contribution in [0.3, 0.4) is 0 Å². The van der Waals surface area contributed by atoms with Crippen LogP contribution in [0.25, 0.3) is 0 Å². The van der Waals surface area contributed by atoms with Crippen molar-refractivity contribution in [1.29, 1.82) is 0 Å². The van der Waals surface area contributed by atoms with Gasteiger partial charge in [0.1, 0.15) is 5.54 Å². The lowest BCUT2D eigenvalue weighted by molar-refractivity contribution is -0.148. The van der Waals surface area contributed by atoms with Crippen LogP contribution in [-0.2, 0) is 14.3 Å². The van der Waals surface area contributed by atoms with Gasteiger partial charge in [-0.25, -0.2) is 0 Å². The maximum atomic E-state index is 11.4. The lowest BCUT2D eigenvalue weighted by Gasteiger charge is -2.37. The zero-order valence-corrected chi connectivity index (χ0v) is 10.5. The molecule has 5 nitrogen and oxygen atoms in total. The van der Waals surface area contributed by atoms with Crippen LogP contribution in [0.5, 0.6) is 0 Å². The third-order valence-electron chi connectivity index (χ3n) is 3.43. The number of ether oxygens (including phenoxy) is 1. The van der Waals surface area contributed by atoms with E-state index in [2.05, 4.69) is 17.0 Å². The second-order valence-electron chi connectivity index (χ2n) is 4.84. The van der Waals surface area contributed by atoms with Crippen LogP contribution in [0.15, 0.2) is 0 Å². The fraction of sp³-hybridized carbons (Fsp3) is 0.833. The van der Waals surface area contributed by atoms with Gasteiger partial charge in [-0.1, -0.05) is 19.8 Å². The third-order valence-corrected chi connectivity index (χ3v) is 3.43. The molecular formula is C12H21NO4. The number of carbonyl (C=O) groups is 2. The summed E-state index contributed by atoms with van der Waals surface area (Å²) in [4.78, 5) is 22.4. The predicted molar refractivity (Wildman–Crippen MR) is 62.6 cm³/mol. The average Bonchev–Trinajstić information content (AvgIpc) is 2.28. The molecule has 0 heterocycles. The molecule has 0 aromatic carbocycles. The van der Waals surface area contributed by atoms with Gasteiger partial charge in [-0.05, 0) is 18.8 Å². The highest BCUT2D eigenvalue weighted by Crippen LogP contribution is 2.32. The van der Waals surface area contributed by atoms with E-state index in [9.17, 15) is 14.7 Å². The van der Waals surface area contributed by atoms with Crippen molar-refractivity contribution in [2.45, 2.75) is 44.6 Å². The normalized spacial score (nSPS) is 28.7. The number of esters is 1. The second kappa shape index (κ2) is 6.00. The molecule has 2 N–H and O–H groups in total.